The largest absolute Gasteiger partial charge is 0.327 e. The highest BCUT2D eigenvalue weighted by Crippen LogP contribution is 1.67. The number of hydrogen-bond donors (Lipinski definition) is 2. The first kappa shape index (κ1) is 7.66. The molecule has 0 aromatic carbocycles. The summed E-state index contributed by atoms with van der Waals surface area (Å²) in [6.45, 7) is 0.304. The molecular formula is C5H7N3O. The summed E-state index contributed by atoms with van der Waals surface area (Å²) in [5.41, 5.74) is 5.02. The molecule has 0 aliphatic heterocycles. The molecule has 0 heterocycles. The van der Waals surface area contributed by atoms with Crippen molar-refractivity contribution in [2.75, 3.05) is 6.54 Å². The second-order valence-corrected chi connectivity index (χ2v) is 1.24. The summed E-state index contributed by atoms with van der Waals surface area (Å²) in [6, 6.07) is 0. The van der Waals surface area contributed by atoms with E-state index in [1.165, 1.54) is 18.3 Å². The Labute approximate surface area is 53.0 Å². The van der Waals surface area contributed by atoms with Crippen LogP contribution >= 0.6 is 0 Å². The Hall–Kier alpha value is -1.34. The van der Waals surface area contributed by atoms with Gasteiger partial charge in [0, 0.05) is 12.6 Å². The van der Waals surface area contributed by atoms with Crippen molar-refractivity contribution < 1.29 is 4.79 Å². The maximum Gasteiger partial charge on any atom is 0.256 e. The highest BCUT2D eigenvalue weighted by molar-refractivity contribution is 5.88. The molecule has 3 N–H and O–H groups in total. The van der Waals surface area contributed by atoms with Gasteiger partial charge in [0.25, 0.3) is 5.91 Å². The van der Waals surface area contributed by atoms with Gasteiger partial charge in [-0.1, -0.05) is 6.08 Å². The Bertz CT molecular complexity index is 156. The number of hydrogen-bond acceptors (Lipinski definition) is 3. The van der Waals surface area contributed by atoms with Gasteiger partial charge in [0.1, 0.15) is 0 Å². The molecule has 1 amide bonds. The molecule has 0 aromatic heterocycles. The van der Waals surface area contributed by atoms with Crippen LogP contribution < -0.4 is 11.1 Å². The SMILES string of the molecule is N#CNC(=O)/C=C/CN. The fraction of sp³-hybridized carbons (Fsp3) is 0.200. The number of rotatable bonds is 2. The summed E-state index contributed by atoms with van der Waals surface area (Å²) in [5, 5.41) is 9.79. The number of nitriles is 1. The number of nitrogens with one attached hydrogen (secondary N) is 1. The number of amides is 1. The van der Waals surface area contributed by atoms with Gasteiger partial charge in [-0.2, -0.15) is 5.26 Å². The third-order valence-corrected chi connectivity index (χ3v) is 0.584. The zero-order valence-corrected chi connectivity index (χ0v) is 4.79. The summed E-state index contributed by atoms with van der Waals surface area (Å²) in [7, 11) is 0. The molecule has 4 nitrogen and oxygen atoms in total. The van der Waals surface area contributed by atoms with E-state index in [-0.39, 0.29) is 0 Å². The van der Waals surface area contributed by atoms with Gasteiger partial charge in [-0.05, 0) is 0 Å². The van der Waals surface area contributed by atoms with Crippen LogP contribution in [0.15, 0.2) is 12.2 Å². The average molecular weight is 125 g/mol. The molecule has 0 saturated heterocycles. The molecule has 0 rings (SSSR count). The Morgan fingerprint density at radius 3 is 3.00 bits per heavy atom. The first-order valence-electron chi connectivity index (χ1n) is 2.37. The molecule has 0 aliphatic carbocycles. The van der Waals surface area contributed by atoms with Gasteiger partial charge in [0.2, 0.25) is 0 Å². The molecule has 0 saturated carbocycles. The van der Waals surface area contributed by atoms with Gasteiger partial charge in [-0.25, -0.2) is 0 Å². The van der Waals surface area contributed by atoms with Crippen LogP contribution in [0.1, 0.15) is 0 Å². The first-order valence-corrected chi connectivity index (χ1v) is 2.37. The van der Waals surface area contributed by atoms with Crippen LogP contribution in [0.2, 0.25) is 0 Å². The maximum absolute atomic E-state index is 10.3. The van der Waals surface area contributed by atoms with Crippen molar-refractivity contribution in [2.24, 2.45) is 5.73 Å². The summed E-state index contributed by atoms with van der Waals surface area (Å²) < 4.78 is 0. The standard InChI is InChI=1S/C5H7N3O/c6-3-1-2-5(9)8-4-7/h1-2H,3,6H2,(H,8,9)/b2-1+. The Morgan fingerprint density at radius 2 is 2.56 bits per heavy atom. The van der Waals surface area contributed by atoms with Crippen molar-refractivity contribution in [1.82, 2.24) is 5.32 Å². The molecule has 0 bridgehead atoms. The summed E-state index contributed by atoms with van der Waals surface area (Å²) >= 11 is 0. The molecule has 48 valence electrons. The number of nitrogens with two attached hydrogens (primary N) is 1. The minimum absolute atomic E-state index is 0.304. The van der Waals surface area contributed by atoms with Gasteiger partial charge < -0.3 is 5.73 Å². The molecule has 0 spiro atoms. The van der Waals surface area contributed by atoms with Gasteiger partial charge in [0.15, 0.2) is 6.19 Å². The average Bonchev–Trinajstić information content (AvgIpc) is 1.85. The molecule has 4 heteroatoms. The lowest BCUT2D eigenvalue weighted by Crippen LogP contribution is -2.14. The van der Waals surface area contributed by atoms with Gasteiger partial charge >= 0.3 is 0 Å². The van der Waals surface area contributed by atoms with Crippen LogP contribution in [0.5, 0.6) is 0 Å². The minimum atomic E-state index is -0.442. The normalized spacial score (nSPS) is 8.89. The highest BCUT2D eigenvalue weighted by atomic mass is 16.1. The van der Waals surface area contributed by atoms with E-state index in [2.05, 4.69) is 0 Å². The van der Waals surface area contributed by atoms with Crippen LogP contribution in [-0.4, -0.2) is 12.5 Å². The lowest BCUT2D eigenvalue weighted by Gasteiger charge is -1.83. The third-order valence-electron chi connectivity index (χ3n) is 0.584. The maximum atomic E-state index is 10.3. The molecule has 0 aliphatic rings. The Morgan fingerprint density at radius 1 is 1.89 bits per heavy atom. The van der Waals surface area contributed by atoms with Crippen molar-refractivity contribution in [3.63, 3.8) is 0 Å². The Kier molecular flexibility index (Phi) is 4.09. The fourth-order valence-corrected chi connectivity index (χ4v) is 0.272. The van der Waals surface area contributed by atoms with Crippen LogP contribution in [-0.2, 0) is 4.79 Å². The van der Waals surface area contributed by atoms with Crippen molar-refractivity contribution in [3.8, 4) is 6.19 Å². The predicted molar refractivity (Wildman–Crippen MR) is 32.0 cm³/mol. The quantitative estimate of drug-likeness (QED) is 0.285. The van der Waals surface area contributed by atoms with E-state index in [0.717, 1.165) is 0 Å². The predicted octanol–water partition coefficient (Wildman–Crippen LogP) is -0.901. The molecule has 0 fully saturated rings. The summed E-state index contributed by atoms with van der Waals surface area (Å²) in [6.07, 6.45) is 4.16. The number of carbonyl (C=O) groups is 1. The van der Waals surface area contributed by atoms with E-state index < -0.39 is 5.91 Å². The second-order valence-electron chi connectivity index (χ2n) is 1.24. The monoisotopic (exact) mass is 125 g/mol. The lowest BCUT2D eigenvalue weighted by molar-refractivity contribution is -0.115. The summed E-state index contributed by atoms with van der Waals surface area (Å²) in [5.74, 6) is -0.442. The van der Waals surface area contributed by atoms with E-state index >= 15 is 0 Å². The van der Waals surface area contributed by atoms with Crippen LogP contribution in [0.25, 0.3) is 0 Å². The Balaban J connectivity index is 3.53. The van der Waals surface area contributed by atoms with Gasteiger partial charge in [-0.3, -0.25) is 10.1 Å². The summed E-state index contributed by atoms with van der Waals surface area (Å²) in [4.78, 5) is 10.3. The smallest absolute Gasteiger partial charge is 0.256 e. The molecular weight excluding hydrogens is 118 g/mol. The van der Waals surface area contributed by atoms with E-state index in [0.29, 0.717) is 6.54 Å². The fourth-order valence-electron chi connectivity index (χ4n) is 0.272. The third kappa shape index (κ3) is 4.51. The number of nitrogens with zero attached hydrogens (tertiary/aromatic N) is 1. The molecule has 0 unspecified atom stereocenters. The zero-order valence-electron chi connectivity index (χ0n) is 4.79. The zero-order chi connectivity index (χ0) is 7.11. The molecule has 0 atom stereocenters. The van der Waals surface area contributed by atoms with Crippen LogP contribution in [0, 0.1) is 11.5 Å². The van der Waals surface area contributed by atoms with Gasteiger partial charge in [-0.15, -0.1) is 0 Å². The van der Waals surface area contributed by atoms with E-state index in [1.807, 2.05) is 5.32 Å². The van der Waals surface area contributed by atoms with Crippen molar-refractivity contribution in [3.05, 3.63) is 12.2 Å². The van der Waals surface area contributed by atoms with E-state index in [1.54, 1.807) is 0 Å². The van der Waals surface area contributed by atoms with E-state index in [4.69, 9.17) is 11.0 Å². The topological polar surface area (TPSA) is 78.9 Å². The minimum Gasteiger partial charge on any atom is -0.327 e. The second kappa shape index (κ2) is 4.81. The molecule has 9 heavy (non-hydrogen) atoms. The van der Waals surface area contributed by atoms with Crippen molar-refractivity contribution in [2.45, 2.75) is 0 Å². The first-order chi connectivity index (χ1) is 4.31. The van der Waals surface area contributed by atoms with E-state index in [9.17, 15) is 4.79 Å². The lowest BCUT2D eigenvalue weighted by atomic mass is 10.5. The van der Waals surface area contributed by atoms with Gasteiger partial charge in [0.05, 0.1) is 0 Å². The highest BCUT2D eigenvalue weighted by Gasteiger charge is 1.87. The molecule has 0 radical (unpaired) electrons. The molecule has 0 aromatic rings. The van der Waals surface area contributed by atoms with Crippen LogP contribution in [0.4, 0.5) is 0 Å². The van der Waals surface area contributed by atoms with Crippen LogP contribution in [0.3, 0.4) is 0 Å². The number of carbonyl (C=O) groups excluding carboxylic acids is 1. The van der Waals surface area contributed by atoms with Crippen molar-refractivity contribution >= 4 is 5.91 Å². The van der Waals surface area contributed by atoms with Crippen molar-refractivity contribution in [1.29, 1.82) is 5.26 Å².